The van der Waals surface area contributed by atoms with Crippen molar-refractivity contribution in [2.45, 2.75) is 23.8 Å². The number of nitrogens with zero attached hydrogens (tertiary/aromatic N) is 1. The summed E-state index contributed by atoms with van der Waals surface area (Å²) < 4.78 is 24.6. The van der Waals surface area contributed by atoms with Crippen molar-refractivity contribution >= 4 is 21.3 Å². The molecule has 140 valence electrons. The summed E-state index contributed by atoms with van der Waals surface area (Å²) in [6.45, 7) is 0.621. The number of aliphatic hydroxyl groups is 1. The van der Waals surface area contributed by atoms with Gasteiger partial charge in [-0.05, 0) is 50.2 Å². The molecule has 1 atom stereocenters. The molecule has 0 fully saturated rings. The Kier molecular flexibility index (Phi) is 5.79. The van der Waals surface area contributed by atoms with Crippen molar-refractivity contribution in [1.82, 2.24) is 4.90 Å². The van der Waals surface area contributed by atoms with E-state index >= 15 is 0 Å². The first-order valence-corrected chi connectivity index (χ1v) is 10.9. The average molecular weight is 391 g/mol. The molecule has 10 heteroatoms. The summed E-state index contributed by atoms with van der Waals surface area (Å²) in [5.41, 5.74) is -0.191. The summed E-state index contributed by atoms with van der Waals surface area (Å²) in [5.74, 6) is 0. The van der Waals surface area contributed by atoms with Gasteiger partial charge in [0.25, 0.3) is 0 Å². The summed E-state index contributed by atoms with van der Waals surface area (Å²) >= 11 is 0. The molecular weight excluding hydrogens is 368 g/mol. The SMILES string of the molecule is CN(C)CCCC(O)C1=Cc2ccccc2C1(P(=O)(O)O)P(=O)(O)O. The standard InChI is InChI=1S/C15H23NO7P2/c1-16(2)9-5-8-14(17)13-10-11-6-3-4-7-12(11)15(13,24(18,19)20)25(21,22)23/h3-4,6-7,10,14,17H,5,8-9H2,1-2H3,(H2,18,19,20)(H2,21,22,23). The lowest BCUT2D eigenvalue weighted by molar-refractivity contribution is 0.182. The molecule has 1 aliphatic carbocycles. The Morgan fingerprint density at radius 1 is 1.08 bits per heavy atom. The fraction of sp³-hybridized carbons (Fsp3) is 0.467. The van der Waals surface area contributed by atoms with Crippen LogP contribution in [0.5, 0.6) is 0 Å². The smallest absolute Gasteiger partial charge is 0.352 e. The van der Waals surface area contributed by atoms with E-state index in [-0.39, 0.29) is 23.1 Å². The second kappa shape index (κ2) is 7.06. The Hall–Kier alpha value is -0.820. The fourth-order valence-electron chi connectivity index (χ4n) is 3.27. The van der Waals surface area contributed by atoms with E-state index in [9.17, 15) is 33.8 Å². The average Bonchev–Trinajstić information content (AvgIpc) is 2.82. The monoisotopic (exact) mass is 391 g/mol. The maximum absolute atomic E-state index is 12.3. The maximum Gasteiger partial charge on any atom is 0.352 e. The molecule has 0 spiro atoms. The van der Waals surface area contributed by atoms with Crippen LogP contribution in [0.25, 0.3) is 6.08 Å². The van der Waals surface area contributed by atoms with Crippen LogP contribution in [0.3, 0.4) is 0 Å². The highest BCUT2D eigenvalue weighted by Crippen LogP contribution is 2.80. The first-order valence-electron chi connectivity index (χ1n) is 7.68. The third-order valence-electron chi connectivity index (χ3n) is 4.33. The first kappa shape index (κ1) is 20.5. The first-order chi connectivity index (χ1) is 11.4. The molecule has 2 rings (SSSR count). The Bertz CT molecular complexity index is 743. The lowest BCUT2D eigenvalue weighted by Crippen LogP contribution is -2.32. The molecule has 0 aliphatic heterocycles. The van der Waals surface area contributed by atoms with Crippen molar-refractivity contribution in [2.75, 3.05) is 20.6 Å². The Labute approximate surface area is 146 Å². The largest absolute Gasteiger partial charge is 0.389 e. The Morgan fingerprint density at radius 2 is 1.64 bits per heavy atom. The number of hydrogen-bond donors (Lipinski definition) is 5. The highest BCUT2D eigenvalue weighted by Gasteiger charge is 2.67. The molecule has 1 aliphatic rings. The van der Waals surface area contributed by atoms with Crippen LogP contribution in [0.2, 0.25) is 0 Å². The van der Waals surface area contributed by atoms with Crippen LogP contribution in [0.15, 0.2) is 29.8 Å². The second-order valence-electron chi connectivity index (χ2n) is 6.41. The van der Waals surface area contributed by atoms with Crippen LogP contribution >= 0.6 is 15.2 Å². The number of benzene rings is 1. The molecule has 8 nitrogen and oxygen atoms in total. The highest BCUT2D eigenvalue weighted by atomic mass is 31.2. The van der Waals surface area contributed by atoms with E-state index in [0.29, 0.717) is 13.0 Å². The Morgan fingerprint density at radius 3 is 2.16 bits per heavy atom. The number of aliphatic hydroxyl groups excluding tert-OH is 1. The minimum atomic E-state index is -5.36. The molecule has 1 unspecified atom stereocenters. The molecule has 0 aromatic heterocycles. The molecule has 0 radical (unpaired) electrons. The van der Waals surface area contributed by atoms with Gasteiger partial charge in [-0.3, -0.25) is 9.13 Å². The summed E-state index contributed by atoms with van der Waals surface area (Å²) in [5, 5.41) is 10.5. The minimum absolute atomic E-state index is 0.125. The molecule has 1 aromatic rings. The van der Waals surface area contributed by atoms with Crippen LogP contribution in [0.4, 0.5) is 0 Å². The quantitative estimate of drug-likeness (QED) is 0.439. The van der Waals surface area contributed by atoms with Crippen LogP contribution < -0.4 is 0 Å². The minimum Gasteiger partial charge on any atom is -0.389 e. The lowest BCUT2D eigenvalue weighted by Gasteiger charge is -2.36. The van der Waals surface area contributed by atoms with E-state index in [1.807, 2.05) is 19.0 Å². The Balaban J connectivity index is 2.58. The molecule has 0 heterocycles. The summed E-state index contributed by atoms with van der Waals surface area (Å²) in [6, 6.07) is 5.84. The van der Waals surface area contributed by atoms with E-state index in [4.69, 9.17) is 0 Å². The predicted octanol–water partition coefficient (Wildman–Crippen LogP) is 1.29. The highest BCUT2D eigenvalue weighted by molar-refractivity contribution is 7.72. The van der Waals surface area contributed by atoms with E-state index < -0.39 is 26.2 Å². The van der Waals surface area contributed by atoms with Crippen molar-refractivity contribution in [2.24, 2.45) is 0 Å². The van der Waals surface area contributed by atoms with Gasteiger partial charge in [-0.1, -0.05) is 30.3 Å². The maximum atomic E-state index is 12.3. The summed E-state index contributed by atoms with van der Waals surface area (Å²) in [6.07, 6.45) is 0.529. The number of hydrogen-bond acceptors (Lipinski definition) is 4. The molecule has 0 saturated heterocycles. The second-order valence-corrected chi connectivity index (χ2v) is 10.3. The van der Waals surface area contributed by atoms with E-state index in [1.54, 1.807) is 6.07 Å². The number of fused-ring (bicyclic) bond motifs is 1. The van der Waals surface area contributed by atoms with Crippen LogP contribution in [0, 0.1) is 0 Å². The van der Waals surface area contributed by atoms with Crippen molar-refractivity contribution in [3.63, 3.8) is 0 Å². The summed E-state index contributed by atoms with van der Waals surface area (Å²) in [7, 11) is -7.04. The van der Waals surface area contributed by atoms with Crippen molar-refractivity contribution < 1.29 is 33.8 Å². The molecule has 0 amide bonds. The zero-order chi connectivity index (χ0) is 19.0. The van der Waals surface area contributed by atoms with Crippen molar-refractivity contribution in [3.8, 4) is 0 Å². The molecule has 5 N–H and O–H groups in total. The molecule has 0 saturated carbocycles. The zero-order valence-electron chi connectivity index (χ0n) is 14.0. The van der Waals surface area contributed by atoms with Gasteiger partial charge in [0, 0.05) is 0 Å². The van der Waals surface area contributed by atoms with Gasteiger partial charge in [0.15, 0.2) is 0 Å². The van der Waals surface area contributed by atoms with Gasteiger partial charge in [-0.2, -0.15) is 0 Å². The van der Waals surface area contributed by atoms with Gasteiger partial charge < -0.3 is 29.6 Å². The van der Waals surface area contributed by atoms with Gasteiger partial charge in [-0.15, -0.1) is 0 Å². The molecule has 1 aromatic carbocycles. The van der Waals surface area contributed by atoms with Crippen LogP contribution in [-0.2, 0) is 14.0 Å². The third kappa shape index (κ3) is 3.54. The van der Waals surface area contributed by atoms with Gasteiger partial charge >= 0.3 is 15.2 Å². The van der Waals surface area contributed by atoms with Crippen molar-refractivity contribution in [3.05, 3.63) is 41.0 Å². The molecular formula is C15H23NO7P2. The van der Waals surface area contributed by atoms with E-state index in [1.165, 1.54) is 24.3 Å². The zero-order valence-corrected chi connectivity index (χ0v) is 15.8. The topological polar surface area (TPSA) is 139 Å². The van der Waals surface area contributed by atoms with E-state index in [2.05, 4.69) is 0 Å². The van der Waals surface area contributed by atoms with Gasteiger partial charge in [-0.25, -0.2) is 0 Å². The third-order valence-corrected chi connectivity index (χ3v) is 8.58. The van der Waals surface area contributed by atoms with Crippen LogP contribution in [0.1, 0.15) is 24.0 Å². The van der Waals surface area contributed by atoms with Gasteiger partial charge in [0.1, 0.15) is 0 Å². The summed E-state index contributed by atoms with van der Waals surface area (Å²) in [4.78, 5) is 38.8. The fourth-order valence-corrected chi connectivity index (χ4v) is 6.76. The van der Waals surface area contributed by atoms with E-state index in [0.717, 1.165) is 0 Å². The van der Waals surface area contributed by atoms with Gasteiger partial charge in [0.2, 0.25) is 4.90 Å². The lowest BCUT2D eigenvalue weighted by atomic mass is 10.0. The molecule has 25 heavy (non-hydrogen) atoms. The van der Waals surface area contributed by atoms with Crippen molar-refractivity contribution in [1.29, 1.82) is 0 Å². The normalized spacial score (nSPS) is 18.2. The van der Waals surface area contributed by atoms with Gasteiger partial charge in [0.05, 0.1) is 6.10 Å². The number of rotatable bonds is 7. The predicted molar refractivity (Wildman–Crippen MR) is 94.0 cm³/mol. The van der Waals surface area contributed by atoms with Crippen LogP contribution in [-0.4, -0.2) is 56.3 Å². The molecule has 0 bridgehead atoms.